The smallest absolute Gasteiger partial charge is 0.151 e. The zero-order valence-corrected chi connectivity index (χ0v) is 6.38. The van der Waals surface area contributed by atoms with Crippen molar-refractivity contribution in [2.45, 2.75) is 44.8 Å². The van der Waals surface area contributed by atoms with E-state index in [2.05, 4.69) is 6.92 Å². The Morgan fingerprint density at radius 3 is 2.80 bits per heavy atom. The van der Waals surface area contributed by atoms with E-state index in [-0.39, 0.29) is 12.2 Å². The van der Waals surface area contributed by atoms with Crippen molar-refractivity contribution in [3.63, 3.8) is 0 Å². The van der Waals surface area contributed by atoms with E-state index in [0.29, 0.717) is 0 Å². The van der Waals surface area contributed by atoms with Crippen molar-refractivity contribution in [3.8, 4) is 0 Å². The second-order valence-corrected chi connectivity index (χ2v) is 2.77. The molecule has 1 aliphatic rings. The predicted octanol–water partition coefficient (Wildman–Crippen LogP) is 1.53. The first-order chi connectivity index (χ1) is 4.88. The summed E-state index contributed by atoms with van der Waals surface area (Å²) in [5.74, 6) is 0. The molecule has 2 atom stereocenters. The molecular weight excluding hydrogens is 128 g/mol. The van der Waals surface area contributed by atoms with Gasteiger partial charge >= 0.3 is 0 Å². The molecule has 58 valence electrons. The van der Waals surface area contributed by atoms with E-state index in [9.17, 15) is 4.79 Å². The molecule has 0 amide bonds. The van der Waals surface area contributed by atoms with E-state index in [4.69, 9.17) is 4.74 Å². The minimum atomic E-state index is -0.0585. The molecule has 0 aliphatic carbocycles. The van der Waals surface area contributed by atoms with E-state index in [0.717, 1.165) is 12.7 Å². The van der Waals surface area contributed by atoms with Crippen LogP contribution in [0.25, 0.3) is 0 Å². The molecule has 2 nitrogen and oxygen atoms in total. The van der Waals surface area contributed by atoms with E-state index in [1.165, 1.54) is 19.3 Å². The summed E-state index contributed by atoms with van der Waals surface area (Å²) in [5, 5.41) is 0. The van der Waals surface area contributed by atoms with Crippen molar-refractivity contribution < 1.29 is 9.53 Å². The van der Waals surface area contributed by atoms with Gasteiger partial charge in [0.25, 0.3) is 0 Å². The fourth-order valence-electron chi connectivity index (χ4n) is 1.10. The van der Waals surface area contributed by atoms with Gasteiger partial charge in [-0.05, 0) is 6.42 Å². The largest absolute Gasteiger partial charge is 0.362 e. The second kappa shape index (κ2) is 3.71. The zero-order chi connectivity index (χ0) is 7.40. The Bertz CT molecular complexity index is 112. The van der Waals surface area contributed by atoms with Crippen LogP contribution in [0.5, 0.6) is 0 Å². The van der Waals surface area contributed by atoms with Crippen LogP contribution in [0.4, 0.5) is 0 Å². The Labute approximate surface area is 61.6 Å². The summed E-state index contributed by atoms with van der Waals surface area (Å²) in [6.07, 6.45) is 5.87. The third kappa shape index (κ3) is 2.10. The SMILES string of the molecule is CCCCC[C@H]1O[C@H]1C=O. The van der Waals surface area contributed by atoms with Crippen molar-refractivity contribution >= 4 is 6.29 Å². The molecular formula is C8H14O2. The average molecular weight is 142 g/mol. The maximum atomic E-state index is 10.1. The summed E-state index contributed by atoms with van der Waals surface area (Å²) in [6.45, 7) is 2.17. The maximum absolute atomic E-state index is 10.1. The Morgan fingerprint density at radius 2 is 2.30 bits per heavy atom. The lowest BCUT2D eigenvalue weighted by Crippen LogP contribution is -1.93. The fraction of sp³-hybridized carbons (Fsp3) is 0.875. The second-order valence-electron chi connectivity index (χ2n) is 2.77. The summed E-state index contributed by atoms with van der Waals surface area (Å²) in [7, 11) is 0. The first-order valence-corrected chi connectivity index (χ1v) is 3.99. The molecule has 1 heterocycles. The Morgan fingerprint density at radius 1 is 1.50 bits per heavy atom. The van der Waals surface area contributed by atoms with Crippen LogP contribution >= 0.6 is 0 Å². The van der Waals surface area contributed by atoms with Gasteiger partial charge in [-0.1, -0.05) is 26.2 Å². The molecule has 0 spiro atoms. The van der Waals surface area contributed by atoms with Crippen LogP contribution in [-0.4, -0.2) is 18.5 Å². The molecule has 1 rings (SSSR count). The summed E-state index contributed by atoms with van der Waals surface area (Å²) in [4.78, 5) is 10.1. The van der Waals surface area contributed by atoms with E-state index in [1.54, 1.807) is 0 Å². The summed E-state index contributed by atoms with van der Waals surface area (Å²) >= 11 is 0. The van der Waals surface area contributed by atoms with Gasteiger partial charge in [-0.2, -0.15) is 0 Å². The van der Waals surface area contributed by atoms with Crippen molar-refractivity contribution in [2.75, 3.05) is 0 Å². The number of ether oxygens (including phenoxy) is 1. The molecule has 1 aliphatic heterocycles. The van der Waals surface area contributed by atoms with Crippen LogP contribution in [0.15, 0.2) is 0 Å². The van der Waals surface area contributed by atoms with Crippen LogP contribution in [0, 0.1) is 0 Å². The topological polar surface area (TPSA) is 29.6 Å². The molecule has 0 aromatic rings. The normalized spacial score (nSPS) is 30.1. The minimum Gasteiger partial charge on any atom is -0.362 e. The number of hydrogen-bond donors (Lipinski definition) is 0. The summed E-state index contributed by atoms with van der Waals surface area (Å²) in [6, 6.07) is 0. The molecule has 0 aromatic carbocycles. The molecule has 1 saturated heterocycles. The van der Waals surface area contributed by atoms with Gasteiger partial charge in [0.15, 0.2) is 6.29 Å². The molecule has 2 heteroatoms. The van der Waals surface area contributed by atoms with E-state index in [1.807, 2.05) is 0 Å². The Kier molecular flexibility index (Phi) is 2.87. The highest BCUT2D eigenvalue weighted by Crippen LogP contribution is 2.25. The number of hydrogen-bond acceptors (Lipinski definition) is 2. The summed E-state index contributed by atoms with van der Waals surface area (Å²) < 4.78 is 5.04. The van der Waals surface area contributed by atoms with Crippen LogP contribution in [0.1, 0.15) is 32.6 Å². The van der Waals surface area contributed by atoms with Gasteiger partial charge in [0, 0.05) is 0 Å². The molecule has 0 bridgehead atoms. The quantitative estimate of drug-likeness (QED) is 0.331. The predicted molar refractivity (Wildman–Crippen MR) is 38.9 cm³/mol. The van der Waals surface area contributed by atoms with Crippen LogP contribution in [0.3, 0.4) is 0 Å². The van der Waals surface area contributed by atoms with Crippen molar-refractivity contribution in [1.82, 2.24) is 0 Å². The standard InChI is InChI=1S/C8H14O2/c1-2-3-4-5-7-8(6-9)10-7/h6-8H,2-5H2,1H3/t7-,8+/m1/s1. The van der Waals surface area contributed by atoms with E-state index < -0.39 is 0 Å². The third-order valence-corrected chi connectivity index (χ3v) is 1.85. The molecule has 1 fully saturated rings. The van der Waals surface area contributed by atoms with Crippen LogP contribution in [0.2, 0.25) is 0 Å². The number of rotatable bonds is 5. The Hall–Kier alpha value is -0.370. The van der Waals surface area contributed by atoms with Gasteiger partial charge < -0.3 is 9.53 Å². The lowest BCUT2D eigenvalue weighted by Gasteiger charge is -1.91. The number of carbonyl (C=O) groups excluding carboxylic acids is 1. The minimum absolute atomic E-state index is 0.0585. The van der Waals surface area contributed by atoms with Gasteiger partial charge in [0.1, 0.15) is 6.10 Å². The van der Waals surface area contributed by atoms with Gasteiger partial charge in [0.2, 0.25) is 0 Å². The highest BCUT2D eigenvalue weighted by atomic mass is 16.6. The molecule has 0 radical (unpaired) electrons. The molecule has 10 heavy (non-hydrogen) atoms. The first kappa shape index (κ1) is 7.73. The van der Waals surface area contributed by atoms with Crippen LogP contribution < -0.4 is 0 Å². The fourth-order valence-corrected chi connectivity index (χ4v) is 1.10. The molecule has 0 N–H and O–H groups in total. The van der Waals surface area contributed by atoms with Crippen molar-refractivity contribution in [2.24, 2.45) is 0 Å². The number of carbonyl (C=O) groups is 1. The van der Waals surface area contributed by atoms with Crippen molar-refractivity contribution in [1.29, 1.82) is 0 Å². The van der Waals surface area contributed by atoms with Gasteiger partial charge in [-0.15, -0.1) is 0 Å². The van der Waals surface area contributed by atoms with E-state index >= 15 is 0 Å². The number of unbranched alkanes of at least 4 members (excludes halogenated alkanes) is 2. The Balaban J connectivity index is 1.91. The van der Waals surface area contributed by atoms with Crippen LogP contribution in [-0.2, 0) is 9.53 Å². The maximum Gasteiger partial charge on any atom is 0.151 e. The van der Waals surface area contributed by atoms with Gasteiger partial charge in [-0.25, -0.2) is 0 Å². The summed E-state index contributed by atoms with van der Waals surface area (Å²) in [5.41, 5.74) is 0. The molecule has 0 saturated carbocycles. The highest BCUT2D eigenvalue weighted by molar-refractivity contribution is 5.60. The first-order valence-electron chi connectivity index (χ1n) is 3.99. The lowest BCUT2D eigenvalue weighted by atomic mass is 10.1. The highest BCUT2D eigenvalue weighted by Gasteiger charge is 2.37. The number of aldehydes is 1. The zero-order valence-electron chi connectivity index (χ0n) is 6.38. The van der Waals surface area contributed by atoms with Crippen molar-refractivity contribution in [3.05, 3.63) is 0 Å². The third-order valence-electron chi connectivity index (χ3n) is 1.85. The number of epoxide rings is 1. The monoisotopic (exact) mass is 142 g/mol. The van der Waals surface area contributed by atoms with Gasteiger partial charge in [0.05, 0.1) is 6.10 Å². The van der Waals surface area contributed by atoms with Gasteiger partial charge in [-0.3, -0.25) is 0 Å². The average Bonchev–Trinajstić information content (AvgIpc) is 2.68. The molecule has 0 unspecified atom stereocenters. The lowest BCUT2D eigenvalue weighted by molar-refractivity contribution is -0.108. The molecule has 0 aromatic heterocycles.